The van der Waals surface area contributed by atoms with E-state index in [0.717, 1.165) is 10.9 Å². The van der Waals surface area contributed by atoms with Crippen LogP contribution < -0.4 is 5.32 Å². The molecule has 1 aliphatic heterocycles. The average Bonchev–Trinajstić information content (AvgIpc) is 3.12. The molecule has 0 bridgehead atoms. The van der Waals surface area contributed by atoms with Crippen LogP contribution in [0, 0.1) is 0 Å². The fraction of sp³-hybridized carbons (Fsp3) is 0.429. The highest BCUT2D eigenvalue weighted by Gasteiger charge is 2.35. The molecule has 2 atom stereocenters. The van der Waals surface area contributed by atoms with E-state index in [1.165, 1.54) is 0 Å². The molecule has 7 heteroatoms. The summed E-state index contributed by atoms with van der Waals surface area (Å²) >= 11 is 0. The Labute approximate surface area is 121 Å². The van der Waals surface area contributed by atoms with Crippen molar-refractivity contribution in [2.24, 2.45) is 0 Å². The molecule has 112 valence electrons. The molecule has 3 N–H and O–H groups in total. The first-order chi connectivity index (χ1) is 10.2. The summed E-state index contributed by atoms with van der Waals surface area (Å²) in [6, 6.07) is 3.24. The Bertz CT molecular complexity index is 642. The molecule has 7 nitrogen and oxygen atoms in total. The van der Waals surface area contributed by atoms with Crippen molar-refractivity contribution in [1.29, 1.82) is 0 Å². The first-order valence-electron chi connectivity index (χ1n) is 6.85. The fourth-order valence-corrected chi connectivity index (χ4v) is 2.67. The Morgan fingerprint density at radius 2 is 2.52 bits per heavy atom. The van der Waals surface area contributed by atoms with E-state index < -0.39 is 0 Å². The molecule has 3 heterocycles. The van der Waals surface area contributed by atoms with Crippen molar-refractivity contribution in [2.45, 2.75) is 18.6 Å². The van der Waals surface area contributed by atoms with Crippen LogP contribution in [0.25, 0.3) is 10.9 Å². The van der Waals surface area contributed by atoms with Gasteiger partial charge in [0.25, 0.3) is 0 Å². The van der Waals surface area contributed by atoms with Gasteiger partial charge in [-0.1, -0.05) is 0 Å². The lowest BCUT2D eigenvalue weighted by atomic mass is 10.2. The molecule has 3 rings (SSSR count). The number of aliphatic hydroxyl groups is 1. The summed E-state index contributed by atoms with van der Waals surface area (Å²) in [5, 5.41) is 13.1. The number of ether oxygens (including phenoxy) is 1. The average molecular weight is 290 g/mol. The molecule has 0 radical (unpaired) electrons. The number of nitrogens with one attached hydrogen (secondary N) is 2. The number of rotatable bonds is 3. The van der Waals surface area contributed by atoms with Crippen molar-refractivity contribution >= 4 is 22.8 Å². The molecular formula is C14H18N4O3. The van der Waals surface area contributed by atoms with Crippen molar-refractivity contribution in [3.05, 3.63) is 24.5 Å². The Morgan fingerprint density at radius 3 is 3.29 bits per heavy atom. The summed E-state index contributed by atoms with van der Waals surface area (Å²) in [4.78, 5) is 21.2. The third-order valence-electron chi connectivity index (χ3n) is 3.85. The van der Waals surface area contributed by atoms with Gasteiger partial charge in [0.2, 0.25) is 0 Å². The molecule has 21 heavy (non-hydrogen) atoms. The van der Waals surface area contributed by atoms with Gasteiger partial charge in [-0.3, -0.25) is 5.32 Å². The normalized spacial score (nSPS) is 21.9. The van der Waals surface area contributed by atoms with Crippen LogP contribution in [0.2, 0.25) is 0 Å². The van der Waals surface area contributed by atoms with Crippen LogP contribution >= 0.6 is 0 Å². The maximum Gasteiger partial charge on any atom is 0.323 e. The van der Waals surface area contributed by atoms with E-state index in [1.807, 2.05) is 18.3 Å². The number of carbonyl (C=O) groups is 1. The van der Waals surface area contributed by atoms with Gasteiger partial charge in [0, 0.05) is 25.2 Å². The summed E-state index contributed by atoms with van der Waals surface area (Å²) in [6.07, 6.45) is 4.11. The number of anilines is 1. The van der Waals surface area contributed by atoms with E-state index in [1.54, 1.807) is 18.2 Å². The smallest absolute Gasteiger partial charge is 0.323 e. The zero-order valence-electron chi connectivity index (χ0n) is 11.7. The number of aromatic nitrogens is 2. The second-order valence-electron chi connectivity index (χ2n) is 5.15. The molecule has 1 saturated heterocycles. The molecule has 0 saturated carbocycles. The van der Waals surface area contributed by atoms with E-state index in [-0.39, 0.29) is 24.8 Å². The minimum atomic E-state index is -0.268. The van der Waals surface area contributed by atoms with E-state index in [2.05, 4.69) is 15.3 Å². The molecule has 1 fully saturated rings. The lowest BCUT2D eigenvalue weighted by Gasteiger charge is -2.22. The number of carbonyl (C=O) groups excluding carboxylic acids is 1. The van der Waals surface area contributed by atoms with Crippen LogP contribution in [0.5, 0.6) is 0 Å². The van der Waals surface area contributed by atoms with Gasteiger partial charge in [0.05, 0.1) is 30.5 Å². The first kappa shape index (κ1) is 13.8. The number of hydrogen-bond acceptors (Lipinski definition) is 4. The minimum Gasteiger partial charge on any atom is -0.394 e. The van der Waals surface area contributed by atoms with Crippen molar-refractivity contribution < 1.29 is 14.6 Å². The van der Waals surface area contributed by atoms with Crippen molar-refractivity contribution in [3.63, 3.8) is 0 Å². The summed E-state index contributed by atoms with van der Waals surface area (Å²) in [5.74, 6) is 0.490. The maximum absolute atomic E-state index is 12.3. The van der Waals surface area contributed by atoms with Crippen LogP contribution in [-0.2, 0) is 4.74 Å². The predicted octanol–water partition coefficient (Wildman–Crippen LogP) is 1.18. The third-order valence-corrected chi connectivity index (χ3v) is 3.85. The predicted molar refractivity (Wildman–Crippen MR) is 78.1 cm³/mol. The molecule has 0 spiro atoms. The summed E-state index contributed by atoms with van der Waals surface area (Å²) in [7, 11) is 1.61. The fourth-order valence-electron chi connectivity index (χ4n) is 2.67. The van der Waals surface area contributed by atoms with E-state index in [4.69, 9.17) is 4.74 Å². The lowest BCUT2D eigenvalue weighted by molar-refractivity contribution is 0.111. The minimum absolute atomic E-state index is 0.0342. The topological polar surface area (TPSA) is 90.5 Å². The SMILES string of the molecule is CO[C@@H]1C[C@@H](CO)N(C(=O)Nc2cc3cc[nH]c3cn2)C1. The zero-order valence-corrected chi connectivity index (χ0v) is 11.7. The highest BCUT2D eigenvalue weighted by atomic mass is 16.5. The van der Waals surface area contributed by atoms with Gasteiger partial charge in [-0.15, -0.1) is 0 Å². The van der Waals surface area contributed by atoms with Gasteiger partial charge in [0.15, 0.2) is 0 Å². The van der Waals surface area contributed by atoms with Gasteiger partial charge in [-0.05, 0) is 18.6 Å². The molecule has 2 aromatic rings. The van der Waals surface area contributed by atoms with Crippen LogP contribution in [-0.4, -0.2) is 58.4 Å². The number of likely N-dealkylation sites (tertiary alicyclic amines) is 1. The molecule has 0 unspecified atom stereocenters. The first-order valence-corrected chi connectivity index (χ1v) is 6.85. The zero-order chi connectivity index (χ0) is 14.8. The largest absolute Gasteiger partial charge is 0.394 e. The van der Waals surface area contributed by atoms with Crippen molar-refractivity contribution in [1.82, 2.24) is 14.9 Å². The van der Waals surface area contributed by atoms with Crippen LogP contribution in [0.15, 0.2) is 24.5 Å². The third kappa shape index (κ3) is 2.70. The Balaban J connectivity index is 1.72. The summed E-state index contributed by atoms with van der Waals surface area (Å²) < 4.78 is 5.27. The standard InChI is InChI=1S/C14H18N4O3/c1-21-11-5-10(8-19)18(7-11)14(20)17-13-4-9-2-3-15-12(9)6-16-13/h2-4,6,10-11,15,19H,5,7-8H2,1H3,(H,16,17,20)/t10-,11+/m0/s1. The second-order valence-corrected chi connectivity index (χ2v) is 5.15. The number of urea groups is 1. The molecule has 1 aliphatic rings. The van der Waals surface area contributed by atoms with Crippen LogP contribution in [0.3, 0.4) is 0 Å². The summed E-state index contributed by atoms with van der Waals surface area (Å²) in [6.45, 7) is 0.400. The molecule has 0 aromatic carbocycles. The van der Waals surface area contributed by atoms with Crippen LogP contribution in [0.4, 0.5) is 10.6 Å². The van der Waals surface area contributed by atoms with Gasteiger partial charge in [-0.25, -0.2) is 9.78 Å². The van der Waals surface area contributed by atoms with Crippen molar-refractivity contribution in [2.75, 3.05) is 25.6 Å². The van der Waals surface area contributed by atoms with E-state index in [0.29, 0.717) is 18.8 Å². The summed E-state index contributed by atoms with van der Waals surface area (Å²) in [5.41, 5.74) is 0.918. The van der Waals surface area contributed by atoms with E-state index in [9.17, 15) is 9.90 Å². The van der Waals surface area contributed by atoms with Crippen LogP contribution in [0.1, 0.15) is 6.42 Å². The number of aromatic amines is 1. The van der Waals surface area contributed by atoms with E-state index >= 15 is 0 Å². The number of nitrogens with zero attached hydrogens (tertiary/aromatic N) is 2. The number of aliphatic hydroxyl groups excluding tert-OH is 1. The molecular weight excluding hydrogens is 272 g/mol. The monoisotopic (exact) mass is 290 g/mol. The second kappa shape index (κ2) is 5.71. The highest BCUT2D eigenvalue weighted by molar-refractivity contribution is 5.91. The number of pyridine rings is 1. The molecule has 0 aliphatic carbocycles. The number of H-pyrrole nitrogens is 1. The Morgan fingerprint density at radius 1 is 1.67 bits per heavy atom. The Kier molecular flexibility index (Phi) is 3.76. The lowest BCUT2D eigenvalue weighted by Crippen LogP contribution is -2.41. The van der Waals surface area contributed by atoms with Gasteiger partial charge >= 0.3 is 6.03 Å². The number of fused-ring (bicyclic) bond motifs is 1. The van der Waals surface area contributed by atoms with Gasteiger partial charge in [-0.2, -0.15) is 0 Å². The number of hydrogen-bond donors (Lipinski definition) is 3. The molecule has 2 amide bonds. The Hall–Kier alpha value is -2.12. The van der Waals surface area contributed by atoms with Gasteiger partial charge < -0.3 is 19.7 Å². The number of amides is 2. The van der Waals surface area contributed by atoms with Gasteiger partial charge in [0.1, 0.15) is 5.82 Å². The molecule has 2 aromatic heterocycles. The maximum atomic E-state index is 12.3. The van der Waals surface area contributed by atoms with Crippen molar-refractivity contribution in [3.8, 4) is 0 Å². The number of methoxy groups -OCH3 is 1. The quantitative estimate of drug-likeness (QED) is 0.791. The highest BCUT2D eigenvalue weighted by Crippen LogP contribution is 2.21.